The number of piperidine rings is 1. The van der Waals surface area contributed by atoms with Gasteiger partial charge in [-0.3, -0.25) is 4.79 Å². The normalized spacial score (nSPS) is 30.3. The summed E-state index contributed by atoms with van der Waals surface area (Å²) in [6, 6.07) is 9.53. The van der Waals surface area contributed by atoms with E-state index in [2.05, 4.69) is 16.3 Å². The molecule has 1 saturated heterocycles. The van der Waals surface area contributed by atoms with Gasteiger partial charge in [-0.05, 0) is 80.8 Å². The lowest BCUT2D eigenvalue weighted by Gasteiger charge is -2.60. The number of rotatable bonds is 7. The molecule has 6 heteroatoms. The molecule has 0 bridgehead atoms. The molecule has 0 unspecified atom stereocenters. The summed E-state index contributed by atoms with van der Waals surface area (Å²) >= 11 is 0. The van der Waals surface area contributed by atoms with Crippen LogP contribution >= 0.6 is 0 Å². The molecule has 3 fully saturated rings. The zero-order valence-corrected chi connectivity index (χ0v) is 19.3. The van der Waals surface area contributed by atoms with Gasteiger partial charge in [0, 0.05) is 43.3 Å². The number of phenolic OH excluding ortho intramolecular Hbond substituents is 1. The van der Waals surface area contributed by atoms with Gasteiger partial charge in [-0.1, -0.05) is 12.1 Å². The van der Waals surface area contributed by atoms with Gasteiger partial charge < -0.3 is 24.5 Å². The first-order chi connectivity index (χ1) is 16.0. The molecule has 3 aliphatic rings. The molecule has 1 aliphatic heterocycles. The van der Waals surface area contributed by atoms with Gasteiger partial charge in [0.25, 0.3) is 0 Å². The Morgan fingerprint density at radius 1 is 1.30 bits per heavy atom. The third-order valence-electron chi connectivity index (χ3n) is 8.02. The maximum atomic E-state index is 12.7. The second-order valence-corrected chi connectivity index (χ2v) is 10.1. The summed E-state index contributed by atoms with van der Waals surface area (Å²) in [6.45, 7) is 3.06. The van der Waals surface area contributed by atoms with Gasteiger partial charge in [0.1, 0.15) is 5.75 Å². The first-order valence-corrected chi connectivity index (χ1v) is 12.1. The van der Waals surface area contributed by atoms with Crippen molar-refractivity contribution >= 4 is 12.0 Å². The molecule has 2 aromatic rings. The average Bonchev–Trinajstić information content (AvgIpc) is 3.47. The summed E-state index contributed by atoms with van der Waals surface area (Å²) in [5.74, 6) is 1.02. The Hall–Kier alpha value is -2.57. The van der Waals surface area contributed by atoms with E-state index < -0.39 is 0 Å². The van der Waals surface area contributed by atoms with Gasteiger partial charge >= 0.3 is 0 Å². The number of likely N-dealkylation sites (tertiary alicyclic amines) is 1. The van der Waals surface area contributed by atoms with E-state index in [9.17, 15) is 9.90 Å². The second-order valence-electron chi connectivity index (χ2n) is 10.1. The third-order valence-corrected chi connectivity index (χ3v) is 8.02. The number of carbonyl (C=O) groups is 1. The molecular weight excluding hydrogens is 416 g/mol. The van der Waals surface area contributed by atoms with E-state index in [1.165, 1.54) is 12.8 Å². The predicted molar refractivity (Wildman–Crippen MR) is 127 cm³/mol. The quantitative estimate of drug-likeness (QED) is 0.621. The number of methoxy groups -OCH3 is 1. The largest absolute Gasteiger partial charge is 0.508 e. The standard InChI is InChI=1S/C27H34N2O4/c1-32-27-11-9-23(28-25(31)8-7-21-10-14-33-18-21)16-26(27,22-3-2-4-24(30)15-22)12-13-29(19-27)17-20-5-6-20/h2-4,7-8,10,14-15,18,20,23,30H,5-6,9,11-13,16-17,19H2,1H3,(H,28,31)/t23-,26+,27+/m1/s1. The van der Waals surface area contributed by atoms with Crippen LogP contribution in [-0.4, -0.2) is 54.3 Å². The fourth-order valence-electron chi connectivity index (χ4n) is 6.13. The molecule has 2 heterocycles. The Kier molecular flexibility index (Phi) is 6.06. The van der Waals surface area contributed by atoms with Crippen molar-refractivity contribution in [1.29, 1.82) is 0 Å². The Balaban J connectivity index is 1.39. The maximum absolute atomic E-state index is 12.7. The van der Waals surface area contributed by atoms with Gasteiger partial charge in [0.2, 0.25) is 5.91 Å². The minimum absolute atomic E-state index is 0.0482. The van der Waals surface area contributed by atoms with E-state index in [0.717, 1.165) is 62.4 Å². The highest BCUT2D eigenvalue weighted by molar-refractivity contribution is 5.91. The number of nitrogens with one attached hydrogen (secondary N) is 1. The molecule has 176 valence electrons. The van der Waals surface area contributed by atoms with Crippen molar-refractivity contribution in [3.05, 3.63) is 60.1 Å². The molecule has 0 radical (unpaired) electrons. The van der Waals surface area contributed by atoms with Gasteiger partial charge in [0.05, 0.1) is 18.1 Å². The van der Waals surface area contributed by atoms with E-state index in [-0.39, 0.29) is 28.7 Å². The van der Waals surface area contributed by atoms with Crippen LogP contribution < -0.4 is 5.32 Å². The molecule has 3 atom stereocenters. The second kappa shape index (κ2) is 8.99. The fourth-order valence-corrected chi connectivity index (χ4v) is 6.13. The van der Waals surface area contributed by atoms with Crippen molar-refractivity contribution in [2.45, 2.75) is 55.6 Å². The van der Waals surface area contributed by atoms with Gasteiger partial charge in [-0.25, -0.2) is 0 Å². The molecule has 1 amide bonds. The molecule has 0 spiro atoms. The molecule has 1 aromatic carbocycles. The number of carbonyl (C=O) groups excluding carboxylic acids is 1. The summed E-state index contributed by atoms with van der Waals surface area (Å²) in [4.78, 5) is 15.3. The summed E-state index contributed by atoms with van der Waals surface area (Å²) < 4.78 is 11.5. The first kappa shape index (κ1) is 22.2. The van der Waals surface area contributed by atoms with Crippen LogP contribution in [0.2, 0.25) is 0 Å². The number of nitrogens with zero attached hydrogens (tertiary/aromatic N) is 1. The predicted octanol–water partition coefficient (Wildman–Crippen LogP) is 4.11. The highest BCUT2D eigenvalue weighted by Crippen LogP contribution is 2.54. The Labute approximate surface area is 195 Å². The van der Waals surface area contributed by atoms with Crippen molar-refractivity contribution in [2.24, 2.45) is 5.92 Å². The van der Waals surface area contributed by atoms with E-state index in [1.54, 1.807) is 30.7 Å². The summed E-state index contributed by atoms with van der Waals surface area (Å²) in [5, 5.41) is 13.5. The van der Waals surface area contributed by atoms with Crippen molar-refractivity contribution in [2.75, 3.05) is 26.7 Å². The van der Waals surface area contributed by atoms with Crippen molar-refractivity contribution in [3.63, 3.8) is 0 Å². The fraction of sp³-hybridized carbons (Fsp3) is 0.519. The van der Waals surface area contributed by atoms with E-state index in [4.69, 9.17) is 9.15 Å². The van der Waals surface area contributed by atoms with Crippen LogP contribution in [0.25, 0.3) is 6.08 Å². The van der Waals surface area contributed by atoms with Crippen molar-refractivity contribution in [1.82, 2.24) is 10.2 Å². The number of amides is 1. The molecule has 33 heavy (non-hydrogen) atoms. The highest BCUT2D eigenvalue weighted by Gasteiger charge is 2.59. The number of fused-ring (bicyclic) bond motifs is 1. The zero-order chi connectivity index (χ0) is 22.9. The van der Waals surface area contributed by atoms with E-state index in [0.29, 0.717) is 0 Å². The number of hydrogen-bond donors (Lipinski definition) is 2. The highest BCUT2D eigenvalue weighted by atomic mass is 16.5. The van der Waals surface area contributed by atoms with Crippen LogP contribution in [0.15, 0.2) is 53.4 Å². The molecule has 2 N–H and O–H groups in total. The van der Waals surface area contributed by atoms with Gasteiger partial charge in [-0.15, -0.1) is 0 Å². The first-order valence-electron chi connectivity index (χ1n) is 12.1. The van der Waals surface area contributed by atoms with Gasteiger partial charge in [-0.2, -0.15) is 0 Å². The Bertz CT molecular complexity index is 999. The number of aromatic hydroxyl groups is 1. The lowest BCUT2D eigenvalue weighted by Crippen LogP contribution is -2.68. The third kappa shape index (κ3) is 4.46. The Morgan fingerprint density at radius 3 is 2.91 bits per heavy atom. The number of phenols is 1. The summed E-state index contributed by atoms with van der Waals surface area (Å²) in [5.41, 5.74) is 1.39. The topological polar surface area (TPSA) is 74.9 Å². The van der Waals surface area contributed by atoms with Crippen LogP contribution in [0, 0.1) is 5.92 Å². The molecular formula is C27H34N2O4. The number of hydrogen-bond acceptors (Lipinski definition) is 5. The van der Waals surface area contributed by atoms with Crippen molar-refractivity contribution in [3.8, 4) is 5.75 Å². The van der Waals surface area contributed by atoms with E-state index in [1.807, 2.05) is 25.3 Å². The van der Waals surface area contributed by atoms with E-state index >= 15 is 0 Å². The monoisotopic (exact) mass is 450 g/mol. The molecule has 2 saturated carbocycles. The lowest BCUT2D eigenvalue weighted by atomic mass is 9.55. The molecule has 2 aliphatic carbocycles. The van der Waals surface area contributed by atoms with Crippen LogP contribution in [0.3, 0.4) is 0 Å². The number of furan rings is 1. The summed E-state index contributed by atoms with van der Waals surface area (Å²) in [6.07, 6.45) is 12.7. The van der Waals surface area contributed by atoms with Crippen LogP contribution in [0.1, 0.15) is 49.7 Å². The van der Waals surface area contributed by atoms with Crippen LogP contribution in [-0.2, 0) is 14.9 Å². The maximum Gasteiger partial charge on any atom is 0.244 e. The minimum Gasteiger partial charge on any atom is -0.508 e. The molecule has 1 aromatic heterocycles. The van der Waals surface area contributed by atoms with Crippen LogP contribution in [0.4, 0.5) is 0 Å². The smallest absolute Gasteiger partial charge is 0.244 e. The summed E-state index contributed by atoms with van der Waals surface area (Å²) in [7, 11) is 1.84. The molecule has 6 nitrogen and oxygen atoms in total. The number of ether oxygens (including phenoxy) is 1. The average molecular weight is 451 g/mol. The Morgan fingerprint density at radius 2 is 2.18 bits per heavy atom. The minimum atomic E-state index is -0.332. The van der Waals surface area contributed by atoms with Gasteiger partial charge in [0.15, 0.2) is 0 Å². The number of benzene rings is 1. The van der Waals surface area contributed by atoms with Crippen molar-refractivity contribution < 1.29 is 19.1 Å². The zero-order valence-electron chi connectivity index (χ0n) is 19.3. The SMILES string of the molecule is CO[C@]12CC[C@@H](NC(=O)C=Cc3ccoc3)C[C@]1(c1cccc(O)c1)CCN(CC1CC1)C2. The molecule has 5 rings (SSSR count). The van der Waals surface area contributed by atoms with Crippen LogP contribution in [0.5, 0.6) is 5.75 Å². The lowest BCUT2D eigenvalue weighted by molar-refractivity contribution is -0.150.